The summed E-state index contributed by atoms with van der Waals surface area (Å²) in [4.78, 5) is 0.163. The van der Waals surface area contributed by atoms with E-state index in [1.807, 2.05) is 6.07 Å². The number of nitrogens with two attached hydrogens (primary N) is 1. The minimum atomic E-state index is -3.67. The van der Waals surface area contributed by atoms with E-state index in [1.54, 1.807) is 12.1 Å². The first-order valence-corrected chi connectivity index (χ1v) is 11.0. The highest BCUT2D eigenvalue weighted by molar-refractivity contribution is 7.89. The van der Waals surface area contributed by atoms with Gasteiger partial charge in [-0.3, -0.25) is 0 Å². The van der Waals surface area contributed by atoms with Crippen molar-refractivity contribution < 1.29 is 8.42 Å². The number of hydrogen-bond donors (Lipinski definition) is 2. The molecule has 3 rings (SSSR count). The number of primary sulfonamides is 1. The van der Waals surface area contributed by atoms with Crippen LogP contribution in [-0.2, 0) is 16.6 Å². The van der Waals surface area contributed by atoms with Crippen molar-refractivity contribution in [3.63, 3.8) is 0 Å². The van der Waals surface area contributed by atoms with Crippen LogP contribution in [0.1, 0.15) is 67.7 Å². The molecule has 26 heavy (non-hydrogen) atoms. The lowest BCUT2D eigenvalue weighted by Crippen LogP contribution is -2.21. The van der Waals surface area contributed by atoms with Gasteiger partial charge in [-0.1, -0.05) is 56.2 Å². The van der Waals surface area contributed by atoms with E-state index in [2.05, 4.69) is 36.5 Å². The summed E-state index contributed by atoms with van der Waals surface area (Å²) in [6, 6.07) is 15.9. The van der Waals surface area contributed by atoms with E-state index >= 15 is 0 Å². The molecule has 0 bridgehead atoms. The highest BCUT2D eigenvalue weighted by Crippen LogP contribution is 2.34. The van der Waals surface area contributed by atoms with Crippen LogP contribution >= 0.6 is 0 Å². The monoisotopic (exact) mass is 372 g/mol. The summed E-state index contributed by atoms with van der Waals surface area (Å²) >= 11 is 0. The minimum absolute atomic E-state index is 0.0891. The van der Waals surface area contributed by atoms with Crippen molar-refractivity contribution in [2.75, 3.05) is 0 Å². The summed E-state index contributed by atoms with van der Waals surface area (Å²) in [5.41, 5.74) is 3.65. The van der Waals surface area contributed by atoms with E-state index in [0.29, 0.717) is 0 Å². The van der Waals surface area contributed by atoms with Crippen LogP contribution in [0.25, 0.3) is 0 Å². The zero-order valence-electron chi connectivity index (χ0n) is 15.3. The molecule has 1 unspecified atom stereocenters. The van der Waals surface area contributed by atoms with Crippen molar-refractivity contribution in [3.8, 4) is 0 Å². The third-order valence-corrected chi connectivity index (χ3v) is 6.27. The number of hydrogen-bond acceptors (Lipinski definition) is 3. The quantitative estimate of drug-likeness (QED) is 0.764. The molecule has 0 radical (unpaired) electrons. The van der Waals surface area contributed by atoms with Gasteiger partial charge in [0, 0.05) is 12.6 Å². The molecule has 4 nitrogen and oxygen atoms in total. The molecule has 1 fully saturated rings. The van der Waals surface area contributed by atoms with Gasteiger partial charge < -0.3 is 5.32 Å². The predicted octanol–water partition coefficient (Wildman–Crippen LogP) is 4.23. The van der Waals surface area contributed by atoms with Crippen LogP contribution < -0.4 is 10.5 Å². The first-order valence-electron chi connectivity index (χ1n) is 9.42. The van der Waals surface area contributed by atoms with Gasteiger partial charge in [0.15, 0.2) is 0 Å². The van der Waals surface area contributed by atoms with Gasteiger partial charge in [0.2, 0.25) is 10.0 Å². The SMILES string of the molecule is CCC(NCc1ccc(C2CCCC2)cc1)c1cccc(S(N)(=O)=O)c1. The number of rotatable bonds is 7. The van der Waals surface area contributed by atoms with E-state index in [4.69, 9.17) is 5.14 Å². The molecule has 0 spiro atoms. The van der Waals surface area contributed by atoms with Gasteiger partial charge >= 0.3 is 0 Å². The molecular formula is C21H28N2O2S. The maximum atomic E-state index is 11.6. The maximum Gasteiger partial charge on any atom is 0.238 e. The molecule has 2 aromatic rings. The summed E-state index contributed by atoms with van der Waals surface area (Å²) in [5.74, 6) is 0.737. The third kappa shape index (κ3) is 4.72. The topological polar surface area (TPSA) is 72.2 Å². The maximum absolute atomic E-state index is 11.6. The van der Waals surface area contributed by atoms with Crippen molar-refractivity contribution in [2.24, 2.45) is 5.14 Å². The lowest BCUT2D eigenvalue weighted by Gasteiger charge is -2.18. The molecule has 1 atom stereocenters. The summed E-state index contributed by atoms with van der Waals surface area (Å²) in [6.45, 7) is 2.84. The second kappa shape index (κ2) is 8.33. The molecule has 3 N–H and O–H groups in total. The summed E-state index contributed by atoms with van der Waals surface area (Å²) in [5, 5.41) is 8.78. The highest BCUT2D eigenvalue weighted by Gasteiger charge is 2.17. The number of nitrogens with one attached hydrogen (secondary N) is 1. The Morgan fingerprint density at radius 1 is 1.12 bits per heavy atom. The van der Waals surface area contributed by atoms with Gasteiger partial charge in [0.05, 0.1) is 4.90 Å². The fraction of sp³-hybridized carbons (Fsp3) is 0.429. The Labute approximate surface area is 156 Å². The Morgan fingerprint density at radius 2 is 1.81 bits per heavy atom. The third-order valence-electron chi connectivity index (χ3n) is 5.36. The normalized spacial score (nSPS) is 16.7. The average molecular weight is 373 g/mol. The smallest absolute Gasteiger partial charge is 0.238 e. The van der Waals surface area contributed by atoms with Crippen molar-refractivity contribution in [2.45, 2.75) is 62.4 Å². The number of sulfonamides is 1. The molecule has 0 saturated heterocycles. The van der Waals surface area contributed by atoms with Gasteiger partial charge in [0.25, 0.3) is 0 Å². The molecular weight excluding hydrogens is 344 g/mol. The van der Waals surface area contributed by atoms with E-state index in [-0.39, 0.29) is 10.9 Å². The van der Waals surface area contributed by atoms with Crippen molar-refractivity contribution >= 4 is 10.0 Å². The van der Waals surface area contributed by atoms with Crippen molar-refractivity contribution in [1.82, 2.24) is 5.32 Å². The Bertz CT molecular complexity index is 825. The van der Waals surface area contributed by atoms with Gasteiger partial charge in [-0.15, -0.1) is 0 Å². The zero-order valence-corrected chi connectivity index (χ0v) is 16.1. The van der Waals surface area contributed by atoms with Crippen LogP contribution in [0.2, 0.25) is 0 Å². The summed E-state index contributed by atoms with van der Waals surface area (Å²) < 4.78 is 23.1. The highest BCUT2D eigenvalue weighted by atomic mass is 32.2. The van der Waals surface area contributed by atoms with Crippen LogP contribution in [0.15, 0.2) is 53.4 Å². The van der Waals surface area contributed by atoms with E-state index < -0.39 is 10.0 Å². The second-order valence-electron chi connectivity index (χ2n) is 7.18. The number of benzene rings is 2. The summed E-state index contributed by atoms with van der Waals surface area (Å²) in [7, 11) is -3.67. The molecule has 1 aliphatic carbocycles. The standard InChI is InChI=1S/C21H28N2O2S/c1-2-21(19-8-5-9-20(14-19)26(22,24)25)23-15-16-10-12-18(13-11-16)17-6-3-4-7-17/h5,8-14,17,21,23H,2-4,6-7,15H2,1H3,(H2,22,24,25). The van der Waals surface area contributed by atoms with Gasteiger partial charge in [0.1, 0.15) is 0 Å². The first kappa shape index (κ1) is 19.1. The molecule has 0 heterocycles. The second-order valence-corrected chi connectivity index (χ2v) is 8.74. The van der Waals surface area contributed by atoms with E-state index in [9.17, 15) is 8.42 Å². The van der Waals surface area contributed by atoms with Crippen LogP contribution in [0.5, 0.6) is 0 Å². The Hall–Kier alpha value is -1.69. The van der Waals surface area contributed by atoms with E-state index in [1.165, 1.54) is 42.9 Å². The molecule has 0 amide bonds. The Morgan fingerprint density at radius 3 is 2.42 bits per heavy atom. The van der Waals surface area contributed by atoms with Gasteiger partial charge in [-0.2, -0.15) is 0 Å². The molecule has 0 aromatic heterocycles. The van der Waals surface area contributed by atoms with Crippen LogP contribution in [0, 0.1) is 0 Å². The van der Waals surface area contributed by atoms with Gasteiger partial charge in [-0.05, 0) is 54.0 Å². The van der Waals surface area contributed by atoms with Crippen LogP contribution in [0.4, 0.5) is 0 Å². The Balaban J connectivity index is 1.65. The molecule has 5 heteroatoms. The van der Waals surface area contributed by atoms with E-state index in [0.717, 1.165) is 24.4 Å². The molecule has 140 valence electrons. The lowest BCUT2D eigenvalue weighted by atomic mass is 9.96. The fourth-order valence-corrected chi connectivity index (χ4v) is 4.38. The van der Waals surface area contributed by atoms with Crippen molar-refractivity contribution in [1.29, 1.82) is 0 Å². The largest absolute Gasteiger partial charge is 0.306 e. The Kier molecular flexibility index (Phi) is 6.12. The molecule has 0 aliphatic heterocycles. The first-order chi connectivity index (χ1) is 12.5. The minimum Gasteiger partial charge on any atom is -0.306 e. The fourth-order valence-electron chi connectivity index (χ4n) is 3.81. The summed E-state index contributed by atoms with van der Waals surface area (Å²) in [6.07, 6.45) is 6.20. The molecule has 1 aliphatic rings. The van der Waals surface area contributed by atoms with Crippen LogP contribution in [-0.4, -0.2) is 8.42 Å². The zero-order chi connectivity index (χ0) is 18.6. The predicted molar refractivity (Wildman–Crippen MR) is 105 cm³/mol. The van der Waals surface area contributed by atoms with Gasteiger partial charge in [-0.25, -0.2) is 13.6 Å². The van der Waals surface area contributed by atoms with Crippen molar-refractivity contribution in [3.05, 3.63) is 65.2 Å². The van der Waals surface area contributed by atoms with Crippen LogP contribution in [0.3, 0.4) is 0 Å². The molecule has 1 saturated carbocycles. The molecule has 2 aromatic carbocycles. The average Bonchev–Trinajstić information content (AvgIpc) is 3.17. The lowest BCUT2D eigenvalue weighted by molar-refractivity contribution is 0.517.